The highest BCUT2D eigenvalue weighted by atomic mass is 79.9. The van der Waals surface area contributed by atoms with Crippen molar-refractivity contribution in [3.63, 3.8) is 0 Å². The largest absolute Gasteiger partial charge is 0.508 e. The van der Waals surface area contributed by atoms with Crippen LogP contribution in [0.4, 0.5) is 0 Å². The van der Waals surface area contributed by atoms with Gasteiger partial charge in [0.15, 0.2) is 0 Å². The number of rotatable bonds is 2. The van der Waals surface area contributed by atoms with E-state index in [0.29, 0.717) is 11.2 Å². The Kier molecular flexibility index (Phi) is 4.37. The number of aromatic hydroxyl groups is 1. The summed E-state index contributed by atoms with van der Waals surface area (Å²) in [6.07, 6.45) is 9.91. The third-order valence-electron chi connectivity index (χ3n) is 5.27. The minimum Gasteiger partial charge on any atom is -0.508 e. The van der Waals surface area contributed by atoms with Gasteiger partial charge in [-0.1, -0.05) is 35.2 Å². The van der Waals surface area contributed by atoms with Crippen LogP contribution in [0.2, 0.25) is 0 Å². The number of piperidine rings is 1. The summed E-state index contributed by atoms with van der Waals surface area (Å²) in [4.78, 5) is 2.50. The molecule has 1 aliphatic carbocycles. The highest BCUT2D eigenvalue weighted by molar-refractivity contribution is 9.10. The van der Waals surface area contributed by atoms with Crippen LogP contribution in [0.1, 0.15) is 50.5 Å². The lowest BCUT2D eigenvalue weighted by Crippen LogP contribution is -2.40. The molecule has 1 aliphatic heterocycles. The van der Waals surface area contributed by atoms with Gasteiger partial charge in [-0.3, -0.25) is 4.90 Å². The molecule has 1 heterocycles. The lowest BCUT2D eigenvalue weighted by atomic mass is 9.68. The third-order valence-corrected chi connectivity index (χ3v) is 5.76. The van der Waals surface area contributed by atoms with Crippen molar-refractivity contribution in [3.05, 3.63) is 28.2 Å². The van der Waals surface area contributed by atoms with Crippen molar-refractivity contribution in [2.24, 2.45) is 5.41 Å². The fourth-order valence-electron chi connectivity index (χ4n) is 3.91. The quantitative estimate of drug-likeness (QED) is 0.845. The molecule has 1 aromatic carbocycles. The van der Waals surface area contributed by atoms with Crippen molar-refractivity contribution in [3.8, 4) is 5.75 Å². The molecule has 0 unspecified atom stereocenters. The fourth-order valence-corrected chi connectivity index (χ4v) is 4.32. The van der Waals surface area contributed by atoms with Gasteiger partial charge in [-0.05, 0) is 62.4 Å². The smallest absolute Gasteiger partial charge is 0.120 e. The molecule has 2 nitrogen and oxygen atoms in total. The van der Waals surface area contributed by atoms with Crippen molar-refractivity contribution in [2.75, 3.05) is 13.1 Å². The van der Waals surface area contributed by atoms with Gasteiger partial charge in [-0.25, -0.2) is 0 Å². The zero-order valence-electron chi connectivity index (χ0n) is 12.1. The molecule has 1 saturated carbocycles. The van der Waals surface area contributed by atoms with Crippen LogP contribution in [-0.2, 0) is 6.54 Å². The zero-order valence-corrected chi connectivity index (χ0v) is 13.7. The number of phenolic OH excluding ortho intramolecular Hbond substituents is 1. The molecule has 3 heteroatoms. The van der Waals surface area contributed by atoms with Crippen molar-refractivity contribution in [2.45, 2.75) is 51.5 Å². The van der Waals surface area contributed by atoms with E-state index in [1.807, 2.05) is 12.1 Å². The standard InChI is InChI=1S/C17H24BrNO/c18-15-4-5-16(20)14(12-15)13-19-10-8-17(9-11-19)6-2-1-3-7-17/h4-5,12,20H,1-3,6-11,13H2. The topological polar surface area (TPSA) is 23.5 Å². The third kappa shape index (κ3) is 3.20. The molecule has 2 aliphatic rings. The second-order valence-electron chi connectivity index (χ2n) is 6.61. The molecule has 0 radical (unpaired) electrons. The van der Waals surface area contributed by atoms with E-state index in [-0.39, 0.29) is 0 Å². The maximum atomic E-state index is 9.96. The molecule has 1 spiro atoms. The number of halogens is 1. The zero-order chi connectivity index (χ0) is 14.0. The molecule has 3 rings (SSSR count). The van der Waals surface area contributed by atoms with Crippen molar-refractivity contribution < 1.29 is 5.11 Å². The Morgan fingerprint density at radius 2 is 1.75 bits per heavy atom. The lowest BCUT2D eigenvalue weighted by Gasteiger charge is -2.44. The first-order chi connectivity index (χ1) is 9.67. The summed E-state index contributed by atoms with van der Waals surface area (Å²) in [6, 6.07) is 5.72. The van der Waals surface area contributed by atoms with Crippen molar-refractivity contribution in [1.82, 2.24) is 4.90 Å². The Bertz CT molecular complexity index is 458. The van der Waals surface area contributed by atoms with E-state index in [4.69, 9.17) is 0 Å². The van der Waals surface area contributed by atoms with Crippen LogP contribution < -0.4 is 0 Å². The van der Waals surface area contributed by atoms with Crippen molar-refractivity contribution >= 4 is 15.9 Å². The first-order valence-electron chi connectivity index (χ1n) is 7.87. The monoisotopic (exact) mass is 337 g/mol. The van der Waals surface area contributed by atoms with Gasteiger partial charge in [0.1, 0.15) is 5.75 Å². The second-order valence-corrected chi connectivity index (χ2v) is 7.53. The van der Waals surface area contributed by atoms with E-state index < -0.39 is 0 Å². The molecule has 20 heavy (non-hydrogen) atoms. The Hall–Kier alpha value is -0.540. The summed E-state index contributed by atoms with van der Waals surface area (Å²) < 4.78 is 1.05. The Morgan fingerprint density at radius 1 is 1.05 bits per heavy atom. The Morgan fingerprint density at radius 3 is 2.45 bits per heavy atom. The average Bonchev–Trinajstić information content (AvgIpc) is 2.47. The van der Waals surface area contributed by atoms with E-state index in [9.17, 15) is 5.11 Å². The molecule has 0 aromatic heterocycles. The first kappa shape index (κ1) is 14.4. The molecule has 1 saturated heterocycles. The second kappa shape index (κ2) is 6.07. The molecule has 0 bridgehead atoms. The van der Waals surface area contributed by atoms with Gasteiger partial charge in [0.25, 0.3) is 0 Å². The Labute approximate surface area is 130 Å². The van der Waals surface area contributed by atoms with Crippen LogP contribution in [0.3, 0.4) is 0 Å². The van der Waals surface area contributed by atoms with Crippen LogP contribution in [0.25, 0.3) is 0 Å². The summed E-state index contributed by atoms with van der Waals surface area (Å²) in [5.74, 6) is 0.422. The highest BCUT2D eigenvalue weighted by Crippen LogP contribution is 2.44. The van der Waals surface area contributed by atoms with Crippen LogP contribution >= 0.6 is 15.9 Å². The summed E-state index contributed by atoms with van der Waals surface area (Å²) in [6.45, 7) is 3.25. The number of likely N-dealkylation sites (tertiary alicyclic amines) is 1. The average molecular weight is 338 g/mol. The van der Waals surface area contributed by atoms with E-state index in [2.05, 4.69) is 20.8 Å². The number of nitrogens with zero attached hydrogens (tertiary/aromatic N) is 1. The predicted molar refractivity (Wildman–Crippen MR) is 85.8 cm³/mol. The molecule has 1 N–H and O–H groups in total. The first-order valence-corrected chi connectivity index (χ1v) is 8.66. The maximum Gasteiger partial charge on any atom is 0.120 e. The molecule has 1 aromatic rings. The predicted octanol–water partition coefficient (Wildman–Crippen LogP) is 4.70. The van der Waals surface area contributed by atoms with Gasteiger partial charge < -0.3 is 5.11 Å². The van der Waals surface area contributed by atoms with E-state index >= 15 is 0 Å². The Balaban J connectivity index is 1.59. The molecule has 2 fully saturated rings. The normalized spacial score (nSPS) is 23.1. The number of hydrogen-bond donors (Lipinski definition) is 1. The summed E-state index contributed by atoms with van der Waals surface area (Å²) >= 11 is 3.49. The molecule has 0 atom stereocenters. The fraction of sp³-hybridized carbons (Fsp3) is 0.647. The van der Waals surface area contributed by atoms with Crippen LogP contribution in [0.15, 0.2) is 22.7 Å². The van der Waals surface area contributed by atoms with Gasteiger partial charge in [0.2, 0.25) is 0 Å². The minimum atomic E-state index is 0.422. The highest BCUT2D eigenvalue weighted by Gasteiger charge is 2.35. The van der Waals surface area contributed by atoms with E-state index in [1.165, 1.54) is 58.0 Å². The van der Waals surface area contributed by atoms with Gasteiger partial charge in [0, 0.05) is 16.6 Å². The van der Waals surface area contributed by atoms with E-state index in [0.717, 1.165) is 16.6 Å². The summed E-state index contributed by atoms with van der Waals surface area (Å²) in [5.41, 5.74) is 1.70. The number of benzene rings is 1. The number of hydrogen-bond acceptors (Lipinski definition) is 2. The van der Waals surface area contributed by atoms with Crippen molar-refractivity contribution in [1.29, 1.82) is 0 Å². The molecular formula is C17H24BrNO. The summed E-state index contributed by atoms with van der Waals surface area (Å²) in [7, 11) is 0. The molecule has 110 valence electrons. The van der Waals surface area contributed by atoms with Crippen LogP contribution in [0.5, 0.6) is 5.75 Å². The van der Waals surface area contributed by atoms with E-state index in [1.54, 1.807) is 6.07 Å². The van der Waals surface area contributed by atoms with Gasteiger partial charge in [-0.2, -0.15) is 0 Å². The minimum absolute atomic E-state index is 0.422. The van der Waals surface area contributed by atoms with Crippen LogP contribution in [0, 0.1) is 5.41 Å². The summed E-state index contributed by atoms with van der Waals surface area (Å²) in [5, 5.41) is 9.96. The number of phenols is 1. The molecule has 0 amide bonds. The molecular weight excluding hydrogens is 314 g/mol. The van der Waals surface area contributed by atoms with Gasteiger partial charge in [-0.15, -0.1) is 0 Å². The van der Waals surface area contributed by atoms with Crippen LogP contribution in [-0.4, -0.2) is 23.1 Å². The lowest BCUT2D eigenvalue weighted by molar-refractivity contribution is 0.0638. The van der Waals surface area contributed by atoms with Gasteiger partial charge in [0.05, 0.1) is 0 Å². The maximum absolute atomic E-state index is 9.96. The SMILES string of the molecule is Oc1ccc(Br)cc1CN1CCC2(CCCCC2)CC1. The van der Waals surface area contributed by atoms with Gasteiger partial charge >= 0.3 is 0 Å².